The summed E-state index contributed by atoms with van der Waals surface area (Å²) in [6.07, 6.45) is 0. The molecule has 0 spiro atoms. The van der Waals surface area contributed by atoms with Gasteiger partial charge in [-0.25, -0.2) is 0 Å². The van der Waals surface area contributed by atoms with Crippen LogP contribution in [0.4, 0.5) is 11.4 Å². The van der Waals surface area contributed by atoms with Gasteiger partial charge in [-0.1, -0.05) is 23.7 Å². The largest absolute Gasteiger partial charge is 0.325 e. The number of benzene rings is 2. The molecule has 4 amide bonds. The second-order valence-electron chi connectivity index (χ2n) is 6.07. The van der Waals surface area contributed by atoms with Gasteiger partial charge >= 0.3 is 0 Å². The van der Waals surface area contributed by atoms with E-state index in [4.69, 9.17) is 11.6 Å². The third kappa shape index (κ3) is 3.54. The average molecular weight is 386 g/mol. The maximum atomic E-state index is 12.5. The fourth-order valence-electron chi connectivity index (χ4n) is 2.81. The Bertz CT molecular complexity index is 938. The van der Waals surface area contributed by atoms with E-state index in [-0.39, 0.29) is 22.1 Å². The lowest BCUT2D eigenvalue weighted by Gasteiger charge is -2.21. The van der Waals surface area contributed by atoms with Crippen LogP contribution in [0.2, 0.25) is 5.02 Å². The maximum absolute atomic E-state index is 12.5. The van der Waals surface area contributed by atoms with Crippen molar-refractivity contribution in [2.45, 2.75) is 19.9 Å². The molecule has 1 unspecified atom stereocenters. The molecular weight excluding hydrogens is 370 g/mol. The molecule has 2 aromatic rings. The van der Waals surface area contributed by atoms with Crippen LogP contribution in [-0.4, -0.2) is 34.6 Å². The van der Waals surface area contributed by atoms with Crippen LogP contribution in [0.25, 0.3) is 0 Å². The highest BCUT2D eigenvalue weighted by molar-refractivity contribution is 6.34. The van der Waals surface area contributed by atoms with Gasteiger partial charge in [0, 0.05) is 12.6 Å². The molecule has 1 heterocycles. The summed E-state index contributed by atoms with van der Waals surface area (Å²) in [6, 6.07) is 10.0. The summed E-state index contributed by atoms with van der Waals surface area (Å²) in [6.45, 7) is 2.83. The van der Waals surface area contributed by atoms with Crippen LogP contribution in [0.15, 0.2) is 42.5 Å². The Kier molecular flexibility index (Phi) is 4.96. The lowest BCUT2D eigenvalue weighted by Crippen LogP contribution is -2.45. The summed E-state index contributed by atoms with van der Waals surface area (Å²) in [5.41, 5.74) is 1.35. The van der Waals surface area contributed by atoms with E-state index in [0.29, 0.717) is 11.4 Å². The molecule has 0 radical (unpaired) electrons. The van der Waals surface area contributed by atoms with Crippen LogP contribution in [0, 0.1) is 0 Å². The molecule has 0 bridgehead atoms. The quantitative estimate of drug-likeness (QED) is 0.791. The number of amides is 4. The van der Waals surface area contributed by atoms with Crippen molar-refractivity contribution < 1.29 is 19.2 Å². The SMILES string of the molecule is CC(=O)Nc1ccc(NC(=O)C(C)N2C(=O)c3ccccc3C2=O)cc1Cl. The molecule has 1 atom stereocenters. The van der Waals surface area contributed by atoms with Crippen molar-refractivity contribution in [2.24, 2.45) is 0 Å². The smallest absolute Gasteiger partial charge is 0.262 e. The second-order valence-corrected chi connectivity index (χ2v) is 6.47. The normalized spacial score (nSPS) is 14.0. The summed E-state index contributed by atoms with van der Waals surface area (Å²) in [5, 5.41) is 5.43. The Labute approximate surface area is 160 Å². The van der Waals surface area contributed by atoms with Crippen molar-refractivity contribution in [3.63, 3.8) is 0 Å². The van der Waals surface area contributed by atoms with Gasteiger partial charge in [0.05, 0.1) is 21.8 Å². The summed E-state index contributed by atoms with van der Waals surface area (Å²) >= 11 is 6.09. The molecule has 138 valence electrons. The number of hydrogen-bond acceptors (Lipinski definition) is 4. The van der Waals surface area contributed by atoms with Gasteiger partial charge in [-0.3, -0.25) is 24.1 Å². The van der Waals surface area contributed by atoms with Gasteiger partial charge in [0.2, 0.25) is 11.8 Å². The van der Waals surface area contributed by atoms with Gasteiger partial charge in [0.1, 0.15) is 6.04 Å². The van der Waals surface area contributed by atoms with E-state index in [9.17, 15) is 19.2 Å². The number of fused-ring (bicyclic) bond motifs is 1. The highest BCUT2D eigenvalue weighted by atomic mass is 35.5. The highest BCUT2D eigenvalue weighted by Gasteiger charge is 2.40. The van der Waals surface area contributed by atoms with Gasteiger partial charge in [-0.2, -0.15) is 0 Å². The average Bonchev–Trinajstić information content (AvgIpc) is 2.88. The third-order valence-corrected chi connectivity index (χ3v) is 4.45. The Morgan fingerprint density at radius 2 is 1.59 bits per heavy atom. The molecule has 1 aliphatic rings. The maximum Gasteiger partial charge on any atom is 0.262 e. The van der Waals surface area contributed by atoms with E-state index in [1.165, 1.54) is 19.9 Å². The number of nitrogens with one attached hydrogen (secondary N) is 2. The van der Waals surface area contributed by atoms with E-state index < -0.39 is 23.8 Å². The van der Waals surface area contributed by atoms with Gasteiger partial charge < -0.3 is 10.6 Å². The van der Waals surface area contributed by atoms with Crippen molar-refractivity contribution >= 4 is 46.6 Å². The van der Waals surface area contributed by atoms with Crippen LogP contribution in [0.1, 0.15) is 34.6 Å². The molecule has 0 aliphatic carbocycles. The highest BCUT2D eigenvalue weighted by Crippen LogP contribution is 2.27. The molecule has 7 nitrogen and oxygen atoms in total. The molecule has 27 heavy (non-hydrogen) atoms. The fraction of sp³-hybridized carbons (Fsp3) is 0.158. The number of imide groups is 1. The van der Waals surface area contributed by atoms with Crippen LogP contribution in [0.5, 0.6) is 0 Å². The van der Waals surface area contributed by atoms with Gasteiger partial charge in [0.25, 0.3) is 11.8 Å². The van der Waals surface area contributed by atoms with Crippen LogP contribution in [-0.2, 0) is 9.59 Å². The van der Waals surface area contributed by atoms with Gasteiger partial charge in [-0.15, -0.1) is 0 Å². The number of anilines is 2. The fourth-order valence-corrected chi connectivity index (χ4v) is 3.04. The topological polar surface area (TPSA) is 95.6 Å². The van der Waals surface area contributed by atoms with Crippen LogP contribution >= 0.6 is 11.6 Å². The minimum absolute atomic E-state index is 0.247. The van der Waals surface area contributed by atoms with Crippen molar-refractivity contribution in [2.75, 3.05) is 10.6 Å². The summed E-state index contributed by atoms with van der Waals surface area (Å²) in [4.78, 5) is 49.5. The zero-order chi connectivity index (χ0) is 19.7. The Hall–Kier alpha value is -3.19. The lowest BCUT2D eigenvalue weighted by atomic mass is 10.1. The first kappa shape index (κ1) is 18.6. The summed E-state index contributed by atoms with van der Waals surface area (Å²) < 4.78 is 0. The molecule has 0 aromatic heterocycles. The number of nitrogens with zero attached hydrogens (tertiary/aromatic N) is 1. The molecule has 0 saturated heterocycles. The van der Waals surface area contributed by atoms with Crippen molar-refractivity contribution in [3.8, 4) is 0 Å². The van der Waals surface area contributed by atoms with E-state index in [0.717, 1.165) is 4.90 Å². The van der Waals surface area contributed by atoms with Gasteiger partial charge in [0.15, 0.2) is 0 Å². The van der Waals surface area contributed by atoms with Crippen LogP contribution < -0.4 is 10.6 Å². The molecule has 0 fully saturated rings. The number of carbonyl (C=O) groups is 4. The molecule has 0 saturated carbocycles. The molecular formula is C19H16ClN3O4. The zero-order valence-electron chi connectivity index (χ0n) is 14.6. The Morgan fingerprint density at radius 3 is 2.11 bits per heavy atom. The molecule has 2 N–H and O–H groups in total. The van der Waals surface area contributed by atoms with E-state index >= 15 is 0 Å². The van der Waals surface area contributed by atoms with E-state index in [1.54, 1.807) is 36.4 Å². The predicted octanol–water partition coefficient (Wildman–Crippen LogP) is 2.92. The first-order chi connectivity index (χ1) is 12.8. The predicted molar refractivity (Wildman–Crippen MR) is 101 cm³/mol. The summed E-state index contributed by atoms with van der Waals surface area (Å²) in [7, 11) is 0. The second kappa shape index (κ2) is 7.20. The van der Waals surface area contributed by atoms with Crippen molar-refractivity contribution in [3.05, 3.63) is 58.6 Å². The zero-order valence-corrected chi connectivity index (χ0v) is 15.3. The molecule has 2 aromatic carbocycles. The molecule has 8 heteroatoms. The number of carbonyl (C=O) groups excluding carboxylic acids is 4. The Balaban J connectivity index is 1.75. The Morgan fingerprint density at radius 1 is 1.00 bits per heavy atom. The van der Waals surface area contributed by atoms with Crippen LogP contribution in [0.3, 0.4) is 0 Å². The first-order valence-corrected chi connectivity index (χ1v) is 8.52. The lowest BCUT2D eigenvalue weighted by molar-refractivity contribution is -0.119. The van der Waals surface area contributed by atoms with Gasteiger partial charge in [-0.05, 0) is 37.3 Å². The summed E-state index contributed by atoms with van der Waals surface area (Å²) in [5.74, 6) is -1.81. The number of halogens is 1. The monoisotopic (exact) mass is 385 g/mol. The number of hydrogen-bond donors (Lipinski definition) is 2. The first-order valence-electron chi connectivity index (χ1n) is 8.14. The molecule has 1 aliphatic heterocycles. The van der Waals surface area contributed by atoms with Crippen molar-refractivity contribution in [1.29, 1.82) is 0 Å². The minimum Gasteiger partial charge on any atom is -0.325 e. The standard InChI is InChI=1S/C19H16ClN3O4/c1-10(23-18(26)13-5-3-4-6-14(13)19(23)27)17(25)22-12-7-8-16(15(20)9-12)21-11(2)24/h3-10H,1-2H3,(H,21,24)(H,22,25). The number of rotatable bonds is 4. The van der Waals surface area contributed by atoms with E-state index in [2.05, 4.69) is 10.6 Å². The third-order valence-electron chi connectivity index (χ3n) is 4.14. The minimum atomic E-state index is -1.01. The van der Waals surface area contributed by atoms with Crippen molar-refractivity contribution in [1.82, 2.24) is 4.90 Å². The van der Waals surface area contributed by atoms with E-state index in [1.807, 2.05) is 0 Å². The molecule has 3 rings (SSSR count).